The summed E-state index contributed by atoms with van der Waals surface area (Å²) in [5.41, 5.74) is 3.30. The molecule has 0 spiro atoms. The van der Waals surface area contributed by atoms with Crippen molar-refractivity contribution in [3.63, 3.8) is 0 Å². The first-order valence-corrected chi connectivity index (χ1v) is 10.8. The molecule has 34 heavy (non-hydrogen) atoms. The van der Waals surface area contributed by atoms with Gasteiger partial charge >= 0.3 is 5.69 Å². The van der Waals surface area contributed by atoms with E-state index in [9.17, 15) is 13.6 Å². The van der Waals surface area contributed by atoms with Gasteiger partial charge in [-0.1, -0.05) is 60.1 Å². The van der Waals surface area contributed by atoms with E-state index in [-0.39, 0.29) is 12.2 Å². The second kappa shape index (κ2) is 8.46. The van der Waals surface area contributed by atoms with Crippen LogP contribution in [0, 0.1) is 0 Å². The molecule has 0 saturated heterocycles. The Morgan fingerprint density at radius 3 is 2.32 bits per heavy atom. The molecule has 0 amide bonds. The minimum absolute atomic E-state index is 0.0770. The number of hydrogen-bond acceptors (Lipinski definition) is 4. The van der Waals surface area contributed by atoms with E-state index in [1.165, 1.54) is 33.7 Å². The molecule has 9 heteroatoms. The fourth-order valence-corrected chi connectivity index (χ4v) is 3.86. The number of aromatic nitrogens is 5. The lowest BCUT2D eigenvalue weighted by atomic mass is 10.0. The van der Waals surface area contributed by atoms with Crippen LogP contribution >= 0.6 is 11.6 Å². The number of halogens is 3. The Morgan fingerprint density at radius 1 is 0.941 bits per heavy atom. The van der Waals surface area contributed by atoms with Crippen LogP contribution in [0.15, 0.2) is 84.0 Å². The van der Waals surface area contributed by atoms with Gasteiger partial charge in [-0.25, -0.2) is 18.9 Å². The van der Waals surface area contributed by atoms with Crippen LogP contribution in [0.5, 0.6) is 0 Å². The van der Waals surface area contributed by atoms with E-state index in [0.717, 1.165) is 18.1 Å². The summed E-state index contributed by atoms with van der Waals surface area (Å²) in [6, 6.07) is 19.6. The van der Waals surface area contributed by atoms with Gasteiger partial charge in [0.05, 0.1) is 17.8 Å². The van der Waals surface area contributed by atoms with E-state index in [2.05, 4.69) is 15.1 Å². The summed E-state index contributed by atoms with van der Waals surface area (Å²) in [5.74, 6) is -3.03. The molecule has 170 valence electrons. The Kier molecular flexibility index (Phi) is 5.45. The highest BCUT2D eigenvalue weighted by Gasteiger charge is 2.26. The molecule has 0 aliphatic rings. The molecule has 3 aromatic heterocycles. The first-order valence-electron chi connectivity index (χ1n) is 10.4. The van der Waals surface area contributed by atoms with E-state index in [1.807, 2.05) is 42.5 Å². The normalized spacial score (nSPS) is 11.8. The average Bonchev–Trinajstić information content (AvgIpc) is 3.14. The van der Waals surface area contributed by atoms with Crippen molar-refractivity contribution in [3.8, 4) is 22.4 Å². The van der Waals surface area contributed by atoms with Crippen molar-refractivity contribution in [3.05, 3.63) is 106 Å². The Hall–Kier alpha value is -3.91. The van der Waals surface area contributed by atoms with Gasteiger partial charge in [0.15, 0.2) is 5.65 Å². The quantitative estimate of drug-likeness (QED) is 0.338. The predicted octanol–water partition coefficient (Wildman–Crippen LogP) is 5.43. The smallest absolute Gasteiger partial charge is 0.255 e. The molecule has 0 saturated carbocycles. The van der Waals surface area contributed by atoms with Gasteiger partial charge in [0.25, 0.3) is 5.92 Å². The van der Waals surface area contributed by atoms with Gasteiger partial charge in [-0.3, -0.25) is 4.98 Å². The van der Waals surface area contributed by atoms with Gasteiger partial charge < -0.3 is 0 Å². The van der Waals surface area contributed by atoms with Gasteiger partial charge in [0.2, 0.25) is 0 Å². The summed E-state index contributed by atoms with van der Waals surface area (Å²) in [6.45, 7) is 0.867. The van der Waals surface area contributed by atoms with Crippen molar-refractivity contribution in [2.45, 2.75) is 19.4 Å². The number of nitrogens with zero attached hydrogens (tertiary/aromatic N) is 5. The first-order chi connectivity index (χ1) is 16.3. The lowest BCUT2D eigenvalue weighted by Crippen LogP contribution is -2.22. The summed E-state index contributed by atoms with van der Waals surface area (Å²) < 4.78 is 29.6. The maximum absolute atomic E-state index is 13.5. The Labute approximate surface area is 198 Å². The topological polar surface area (TPSA) is 65.1 Å². The molecule has 0 unspecified atom stereocenters. The molecule has 5 rings (SSSR count). The molecule has 0 aliphatic heterocycles. The number of fused-ring (bicyclic) bond motifs is 1. The second-order valence-electron chi connectivity index (χ2n) is 7.91. The second-order valence-corrected chi connectivity index (χ2v) is 8.35. The van der Waals surface area contributed by atoms with Crippen LogP contribution in [-0.2, 0) is 12.5 Å². The van der Waals surface area contributed by atoms with E-state index < -0.39 is 11.6 Å². The van der Waals surface area contributed by atoms with E-state index in [4.69, 9.17) is 11.6 Å². The van der Waals surface area contributed by atoms with Gasteiger partial charge in [-0.05, 0) is 29.3 Å². The SMILES string of the molecule is CC(F)(F)c1ccc(Cn2nc3c(-c4ccccc4)c(-c4ccc(Cl)cc4)ncn3c2=O)cn1. The van der Waals surface area contributed by atoms with Gasteiger partial charge in [0, 0.05) is 23.7 Å². The van der Waals surface area contributed by atoms with E-state index >= 15 is 0 Å². The molecule has 0 bridgehead atoms. The number of alkyl halides is 2. The third-order valence-electron chi connectivity index (χ3n) is 5.42. The van der Waals surface area contributed by atoms with Crippen molar-refractivity contribution in [2.75, 3.05) is 0 Å². The zero-order valence-electron chi connectivity index (χ0n) is 18.0. The van der Waals surface area contributed by atoms with Crippen LogP contribution in [0.4, 0.5) is 8.78 Å². The third kappa shape index (κ3) is 4.08. The molecular formula is C25H18ClF2N5O. The van der Waals surface area contributed by atoms with Gasteiger partial charge in [-0.15, -0.1) is 5.10 Å². The minimum Gasteiger partial charge on any atom is -0.255 e. The van der Waals surface area contributed by atoms with Gasteiger partial charge in [0.1, 0.15) is 12.0 Å². The lowest BCUT2D eigenvalue weighted by molar-refractivity contribution is 0.0127. The molecule has 0 fully saturated rings. The van der Waals surface area contributed by atoms with Crippen molar-refractivity contribution < 1.29 is 8.78 Å². The highest BCUT2D eigenvalue weighted by molar-refractivity contribution is 6.30. The lowest BCUT2D eigenvalue weighted by Gasteiger charge is -2.10. The fourth-order valence-electron chi connectivity index (χ4n) is 3.73. The number of hydrogen-bond donors (Lipinski definition) is 0. The molecule has 2 aromatic carbocycles. The molecule has 0 N–H and O–H groups in total. The monoisotopic (exact) mass is 477 g/mol. The number of rotatable bonds is 5. The summed E-state index contributed by atoms with van der Waals surface area (Å²) in [7, 11) is 0. The highest BCUT2D eigenvalue weighted by Crippen LogP contribution is 2.33. The summed E-state index contributed by atoms with van der Waals surface area (Å²) in [5, 5.41) is 5.19. The van der Waals surface area contributed by atoms with Crippen molar-refractivity contribution in [1.82, 2.24) is 24.1 Å². The zero-order chi connectivity index (χ0) is 23.9. The summed E-state index contributed by atoms with van der Waals surface area (Å²) in [6.07, 6.45) is 2.77. The summed E-state index contributed by atoms with van der Waals surface area (Å²) >= 11 is 6.06. The number of benzene rings is 2. The Balaban J connectivity index is 1.65. The third-order valence-corrected chi connectivity index (χ3v) is 5.67. The van der Waals surface area contributed by atoms with Crippen LogP contribution in [-0.4, -0.2) is 24.1 Å². The van der Waals surface area contributed by atoms with Crippen LogP contribution in [0.3, 0.4) is 0 Å². The maximum atomic E-state index is 13.5. The Bertz CT molecular complexity index is 1520. The molecule has 0 atom stereocenters. The maximum Gasteiger partial charge on any atom is 0.351 e. The van der Waals surface area contributed by atoms with E-state index in [0.29, 0.717) is 27.5 Å². The standard InChI is InChI=1S/C25H18ClF2N5O/c1-25(27,28)20-12-7-16(13-29-20)14-33-24(34)32-15-30-22(18-8-10-19(26)11-9-18)21(23(32)31-33)17-5-3-2-4-6-17/h2-13,15H,14H2,1H3. The molecular weight excluding hydrogens is 460 g/mol. The largest absolute Gasteiger partial charge is 0.351 e. The first kappa shape index (κ1) is 21.9. The Morgan fingerprint density at radius 2 is 1.68 bits per heavy atom. The predicted molar refractivity (Wildman–Crippen MR) is 126 cm³/mol. The van der Waals surface area contributed by atoms with Gasteiger partial charge in [-0.2, -0.15) is 8.78 Å². The zero-order valence-corrected chi connectivity index (χ0v) is 18.7. The fraction of sp³-hybridized carbons (Fsp3) is 0.120. The van der Waals surface area contributed by atoms with Crippen LogP contribution in [0.1, 0.15) is 18.2 Å². The number of pyridine rings is 1. The average molecular weight is 478 g/mol. The molecule has 0 radical (unpaired) electrons. The van der Waals surface area contributed by atoms with E-state index in [1.54, 1.807) is 12.1 Å². The van der Waals surface area contributed by atoms with Crippen LogP contribution < -0.4 is 5.69 Å². The molecule has 5 aromatic rings. The molecule has 3 heterocycles. The highest BCUT2D eigenvalue weighted by atomic mass is 35.5. The van der Waals surface area contributed by atoms with Crippen molar-refractivity contribution >= 4 is 17.2 Å². The van der Waals surface area contributed by atoms with Crippen LogP contribution in [0.2, 0.25) is 5.02 Å². The molecule has 6 nitrogen and oxygen atoms in total. The minimum atomic E-state index is -3.03. The summed E-state index contributed by atoms with van der Waals surface area (Å²) in [4.78, 5) is 21.5. The van der Waals surface area contributed by atoms with Crippen LogP contribution in [0.25, 0.3) is 28.0 Å². The van der Waals surface area contributed by atoms with Crippen molar-refractivity contribution in [1.29, 1.82) is 0 Å². The van der Waals surface area contributed by atoms with Crippen molar-refractivity contribution in [2.24, 2.45) is 0 Å². The molecule has 0 aliphatic carbocycles.